The summed E-state index contributed by atoms with van der Waals surface area (Å²) in [5.41, 5.74) is 0.647. The van der Waals surface area contributed by atoms with E-state index < -0.39 is 11.6 Å². The Morgan fingerprint density at radius 3 is 1.90 bits per heavy atom. The lowest BCUT2D eigenvalue weighted by Crippen LogP contribution is -2.15. The molecule has 0 aromatic heterocycles. The van der Waals surface area contributed by atoms with E-state index in [9.17, 15) is 13.2 Å². The summed E-state index contributed by atoms with van der Waals surface area (Å²) in [6.45, 7) is 2.31. The molecule has 2 aliphatic carbocycles. The molecule has 0 bridgehead atoms. The second-order valence-electron chi connectivity index (χ2n) is 9.87. The minimum absolute atomic E-state index is 0.180. The Morgan fingerprint density at radius 2 is 1.40 bits per heavy atom. The molecule has 1 aromatic carbocycles. The highest BCUT2D eigenvalue weighted by molar-refractivity contribution is 5.58. The van der Waals surface area contributed by atoms with Gasteiger partial charge in [0.25, 0.3) is 0 Å². The van der Waals surface area contributed by atoms with E-state index >= 15 is 0 Å². The highest BCUT2D eigenvalue weighted by atomic mass is 19.2. The van der Waals surface area contributed by atoms with Gasteiger partial charge in [-0.15, -0.1) is 0 Å². The number of rotatable bonds is 9. The Labute approximate surface area is 181 Å². The van der Waals surface area contributed by atoms with Crippen LogP contribution in [0.15, 0.2) is 24.5 Å². The van der Waals surface area contributed by atoms with E-state index in [1.807, 2.05) is 0 Å². The second-order valence-corrected chi connectivity index (χ2v) is 9.87. The zero-order chi connectivity index (χ0) is 21.3. The highest BCUT2D eigenvalue weighted by Gasteiger charge is 2.24. The van der Waals surface area contributed by atoms with Crippen LogP contribution in [-0.4, -0.2) is 0 Å². The SMILES string of the molecule is CCCC1CCC(CCCCC2CCC(c3ccc(C(F)=CF)c(F)c3)CC2)CC1. The third kappa shape index (κ3) is 6.62. The molecular formula is C27H39F3. The van der Waals surface area contributed by atoms with Gasteiger partial charge in [-0.25, -0.2) is 13.2 Å². The van der Waals surface area contributed by atoms with Gasteiger partial charge >= 0.3 is 0 Å². The average Bonchev–Trinajstić information content (AvgIpc) is 2.78. The molecule has 0 unspecified atom stereocenters. The summed E-state index contributed by atoms with van der Waals surface area (Å²) in [5.74, 6) is 1.33. The van der Waals surface area contributed by atoms with Crippen LogP contribution in [-0.2, 0) is 0 Å². The molecule has 30 heavy (non-hydrogen) atoms. The molecule has 0 saturated heterocycles. The fourth-order valence-electron chi connectivity index (χ4n) is 5.91. The van der Waals surface area contributed by atoms with Crippen molar-refractivity contribution in [1.82, 2.24) is 0 Å². The summed E-state index contributed by atoms with van der Waals surface area (Å²) in [6, 6.07) is 4.54. The summed E-state index contributed by atoms with van der Waals surface area (Å²) < 4.78 is 39.7. The first-order valence-electron chi connectivity index (χ1n) is 12.4. The molecule has 0 heterocycles. The Bertz CT molecular complexity index is 665. The first-order chi connectivity index (χ1) is 14.6. The number of hydrogen-bond acceptors (Lipinski definition) is 0. The van der Waals surface area contributed by atoms with Gasteiger partial charge in [-0.1, -0.05) is 77.2 Å². The molecule has 2 saturated carbocycles. The molecule has 3 rings (SSSR count). The van der Waals surface area contributed by atoms with Crippen molar-refractivity contribution < 1.29 is 13.2 Å². The summed E-state index contributed by atoms with van der Waals surface area (Å²) in [4.78, 5) is 0. The van der Waals surface area contributed by atoms with E-state index in [1.54, 1.807) is 6.07 Å². The Kier molecular flexibility index (Phi) is 9.33. The van der Waals surface area contributed by atoms with Crippen LogP contribution < -0.4 is 0 Å². The molecule has 1 aromatic rings. The molecule has 0 N–H and O–H groups in total. The quantitative estimate of drug-likeness (QED) is 0.349. The number of benzene rings is 1. The normalized spacial score (nSPS) is 27.9. The molecule has 0 aliphatic heterocycles. The van der Waals surface area contributed by atoms with Gasteiger partial charge in [0.15, 0.2) is 5.83 Å². The summed E-state index contributed by atoms with van der Waals surface area (Å²) in [7, 11) is 0. The van der Waals surface area contributed by atoms with Crippen LogP contribution in [0.2, 0.25) is 0 Å². The van der Waals surface area contributed by atoms with E-state index in [0.29, 0.717) is 5.92 Å². The second kappa shape index (κ2) is 12.0. The Hall–Kier alpha value is -1.25. The maximum atomic E-state index is 14.1. The number of halogens is 3. The van der Waals surface area contributed by atoms with Crippen molar-refractivity contribution >= 4 is 5.83 Å². The van der Waals surface area contributed by atoms with E-state index in [0.717, 1.165) is 36.2 Å². The van der Waals surface area contributed by atoms with E-state index in [4.69, 9.17) is 0 Å². The van der Waals surface area contributed by atoms with Crippen molar-refractivity contribution in [2.45, 2.75) is 103 Å². The van der Waals surface area contributed by atoms with Crippen LogP contribution in [0.3, 0.4) is 0 Å². The van der Waals surface area contributed by atoms with Gasteiger partial charge in [0, 0.05) is 5.56 Å². The monoisotopic (exact) mass is 420 g/mol. The van der Waals surface area contributed by atoms with Gasteiger partial charge in [0.2, 0.25) is 0 Å². The van der Waals surface area contributed by atoms with Crippen molar-refractivity contribution in [2.24, 2.45) is 17.8 Å². The van der Waals surface area contributed by atoms with Crippen LogP contribution in [0.4, 0.5) is 13.2 Å². The summed E-state index contributed by atoms with van der Waals surface area (Å²) in [6.07, 6.45) is 18.5. The summed E-state index contributed by atoms with van der Waals surface area (Å²) >= 11 is 0. The van der Waals surface area contributed by atoms with Crippen molar-refractivity contribution in [1.29, 1.82) is 0 Å². The van der Waals surface area contributed by atoms with Crippen molar-refractivity contribution in [3.05, 3.63) is 41.5 Å². The zero-order valence-electron chi connectivity index (χ0n) is 18.7. The average molecular weight is 421 g/mol. The predicted octanol–water partition coefficient (Wildman–Crippen LogP) is 9.50. The van der Waals surface area contributed by atoms with Crippen LogP contribution in [0.1, 0.15) is 114 Å². The van der Waals surface area contributed by atoms with Crippen molar-refractivity contribution in [3.63, 3.8) is 0 Å². The molecule has 0 radical (unpaired) electrons. The van der Waals surface area contributed by atoms with Crippen molar-refractivity contribution in [3.8, 4) is 0 Å². The van der Waals surface area contributed by atoms with Gasteiger partial charge in [0.1, 0.15) is 12.1 Å². The highest BCUT2D eigenvalue weighted by Crippen LogP contribution is 2.39. The molecular weight excluding hydrogens is 381 g/mol. The van der Waals surface area contributed by atoms with E-state index in [1.165, 1.54) is 89.2 Å². The molecule has 2 fully saturated rings. The van der Waals surface area contributed by atoms with E-state index in [2.05, 4.69) is 6.92 Å². The lowest BCUT2D eigenvalue weighted by molar-refractivity contribution is 0.243. The third-order valence-electron chi connectivity index (χ3n) is 7.80. The fraction of sp³-hybridized carbons (Fsp3) is 0.704. The van der Waals surface area contributed by atoms with Gasteiger partial charge in [-0.3, -0.25) is 0 Å². The fourth-order valence-corrected chi connectivity index (χ4v) is 5.91. The predicted molar refractivity (Wildman–Crippen MR) is 120 cm³/mol. The van der Waals surface area contributed by atoms with Gasteiger partial charge in [0.05, 0.1) is 0 Å². The van der Waals surface area contributed by atoms with Crippen LogP contribution in [0.25, 0.3) is 5.83 Å². The van der Waals surface area contributed by atoms with Crippen LogP contribution in [0, 0.1) is 23.6 Å². The molecule has 0 spiro atoms. The minimum Gasteiger partial charge on any atom is -0.212 e. The largest absolute Gasteiger partial charge is 0.212 e. The first-order valence-corrected chi connectivity index (χ1v) is 12.4. The van der Waals surface area contributed by atoms with Gasteiger partial charge in [-0.2, -0.15) is 0 Å². The lowest BCUT2D eigenvalue weighted by atomic mass is 9.76. The summed E-state index contributed by atoms with van der Waals surface area (Å²) in [5, 5.41) is 0. The maximum absolute atomic E-state index is 14.1. The first kappa shape index (κ1) is 23.4. The van der Waals surface area contributed by atoms with Gasteiger partial charge < -0.3 is 0 Å². The number of unbranched alkanes of at least 4 members (excludes halogenated alkanes) is 1. The van der Waals surface area contributed by atoms with Gasteiger partial charge in [-0.05, 0) is 67.1 Å². The van der Waals surface area contributed by atoms with E-state index in [-0.39, 0.29) is 11.9 Å². The standard InChI is InChI=1S/C27H39F3/c1-2-5-20-8-10-21(11-9-20)6-3-4-7-22-12-14-23(15-13-22)24-16-17-25(26(29)18-24)27(30)19-28/h16-23H,2-15H2,1H3. The Morgan fingerprint density at radius 1 is 0.867 bits per heavy atom. The molecule has 168 valence electrons. The topological polar surface area (TPSA) is 0 Å². The minimum atomic E-state index is -1.14. The Balaban J connectivity index is 1.33. The smallest absolute Gasteiger partial charge is 0.161 e. The molecule has 0 amide bonds. The zero-order valence-corrected chi connectivity index (χ0v) is 18.7. The van der Waals surface area contributed by atoms with Crippen LogP contribution >= 0.6 is 0 Å². The maximum Gasteiger partial charge on any atom is 0.161 e. The third-order valence-corrected chi connectivity index (χ3v) is 7.80. The van der Waals surface area contributed by atoms with Crippen molar-refractivity contribution in [2.75, 3.05) is 0 Å². The molecule has 3 heteroatoms. The molecule has 2 aliphatic rings. The molecule has 0 nitrogen and oxygen atoms in total. The lowest BCUT2D eigenvalue weighted by Gasteiger charge is -2.30. The molecule has 0 atom stereocenters. The van der Waals surface area contributed by atoms with Crippen LogP contribution in [0.5, 0.6) is 0 Å². The number of hydrogen-bond donors (Lipinski definition) is 0.